The van der Waals surface area contributed by atoms with Gasteiger partial charge in [0.25, 0.3) is 0 Å². The minimum Gasteiger partial charge on any atom is -0.496 e. The summed E-state index contributed by atoms with van der Waals surface area (Å²) in [6.45, 7) is 6.85. The fraction of sp³-hybridized carbons (Fsp3) is 0.562. The lowest BCUT2D eigenvalue weighted by Gasteiger charge is -2.38. The summed E-state index contributed by atoms with van der Waals surface area (Å²) in [7, 11) is 1.69. The van der Waals surface area contributed by atoms with Gasteiger partial charge >= 0.3 is 0 Å². The Bertz CT molecular complexity index is 507. The predicted molar refractivity (Wildman–Crippen MR) is 88.8 cm³/mol. The number of benzene rings is 1. The standard InChI is InChI=1S/C16H24N2O2S/c1-4-14-10-20-11(2)8-18(14)9-13-7-12(16(17)21)5-6-15(13)19-3/h5-7,11,14H,4,8-10H2,1-3H3,(H2,17,21). The number of nitrogens with zero attached hydrogens (tertiary/aromatic N) is 1. The van der Waals surface area contributed by atoms with E-state index in [2.05, 4.69) is 18.7 Å². The summed E-state index contributed by atoms with van der Waals surface area (Å²) < 4.78 is 11.2. The summed E-state index contributed by atoms with van der Waals surface area (Å²) in [5, 5.41) is 0. The molecule has 0 aliphatic carbocycles. The predicted octanol–water partition coefficient (Wildman–Crippen LogP) is 2.33. The van der Waals surface area contributed by atoms with Crippen molar-refractivity contribution in [3.63, 3.8) is 0 Å². The summed E-state index contributed by atoms with van der Waals surface area (Å²) in [5.74, 6) is 0.879. The number of methoxy groups -OCH3 is 1. The van der Waals surface area contributed by atoms with E-state index in [9.17, 15) is 0 Å². The van der Waals surface area contributed by atoms with E-state index in [0.29, 0.717) is 11.0 Å². The highest BCUT2D eigenvalue weighted by Crippen LogP contribution is 2.25. The smallest absolute Gasteiger partial charge is 0.123 e. The Kier molecular flexibility index (Phi) is 5.56. The van der Waals surface area contributed by atoms with Gasteiger partial charge in [-0.05, 0) is 31.5 Å². The molecule has 4 nitrogen and oxygen atoms in total. The lowest BCUT2D eigenvalue weighted by Crippen LogP contribution is -2.47. The minimum atomic E-state index is 0.262. The zero-order valence-electron chi connectivity index (χ0n) is 13.0. The third-order valence-electron chi connectivity index (χ3n) is 3.99. The summed E-state index contributed by atoms with van der Waals surface area (Å²) in [5.41, 5.74) is 7.74. The van der Waals surface area contributed by atoms with Gasteiger partial charge in [0.05, 0.1) is 19.8 Å². The molecule has 0 saturated carbocycles. The fourth-order valence-electron chi connectivity index (χ4n) is 2.76. The maximum absolute atomic E-state index is 5.75. The molecule has 1 aliphatic rings. The molecule has 1 saturated heterocycles. The van der Waals surface area contributed by atoms with Crippen LogP contribution in [0, 0.1) is 0 Å². The Labute approximate surface area is 132 Å². The van der Waals surface area contributed by atoms with Gasteiger partial charge in [0, 0.05) is 30.3 Å². The molecule has 0 bridgehead atoms. The van der Waals surface area contributed by atoms with E-state index in [1.54, 1.807) is 7.11 Å². The van der Waals surface area contributed by atoms with E-state index in [0.717, 1.165) is 43.0 Å². The van der Waals surface area contributed by atoms with Crippen LogP contribution in [0.3, 0.4) is 0 Å². The van der Waals surface area contributed by atoms with Gasteiger partial charge in [-0.15, -0.1) is 0 Å². The van der Waals surface area contributed by atoms with Gasteiger partial charge in [0.2, 0.25) is 0 Å². The number of ether oxygens (including phenoxy) is 2. The van der Waals surface area contributed by atoms with Gasteiger partial charge in [-0.25, -0.2) is 0 Å². The average Bonchev–Trinajstić information content (AvgIpc) is 2.47. The maximum Gasteiger partial charge on any atom is 0.123 e. The topological polar surface area (TPSA) is 47.7 Å². The van der Waals surface area contributed by atoms with Gasteiger partial charge in [-0.3, -0.25) is 4.90 Å². The molecule has 1 aliphatic heterocycles. The molecule has 0 radical (unpaired) electrons. The molecule has 0 amide bonds. The van der Waals surface area contributed by atoms with Crippen molar-refractivity contribution in [3.05, 3.63) is 29.3 Å². The molecule has 1 fully saturated rings. The van der Waals surface area contributed by atoms with Crippen LogP contribution in [0.5, 0.6) is 5.75 Å². The van der Waals surface area contributed by atoms with E-state index >= 15 is 0 Å². The largest absolute Gasteiger partial charge is 0.496 e. The third-order valence-corrected chi connectivity index (χ3v) is 4.23. The number of hydrogen-bond acceptors (Lipinski definition) is 4. The maximum atomic E-state index is 5.75. The first-order chi connectivity index (χ1) is 10.0. The molecule has 5 heteroatoms. The fourth-order valence-corrected chi connectivity index (χ4v) is 2.88. The van der Waals surface area contributed by atoms with Crippen molar-refractivity contribution >= 4 is 17.2 Å². The molecular formula is C16H24N2O2S. The molecule has 2 atom stereocenters. The van der Waals surface area contributed by atoms with Crippen LogP contribution in [-0.2, 0) is 11.3 Å². The lowest BCUT2D eigenvalue weighted by atomic mass is 10.1. The minimum absolute atomic E-state index is 0.262. The molecule has 2 rings (SSSR count). The van der Waals surface area contributed by atoms with Crippen molar-refractivity contribution in [1.29, 1.82) is 0 Å². The van der Waals surface area contributed by atoms with Gasteiger partial charge in [0.1, 0.15) is 10.7 Å². The highest BCUT2D eigenvalue weighted by atomic mass is 32.1. The van der Waals surface area contributed by atoms with Crippen molar-refractivity contribution in [2.45, 2.75) is 39.0 Å². The molecule has 1 heterocycles. The van der Waals surface area contributed by atoms with Crippen LogP contribution in [0.25, 0.3) is 0 Å². The van der Waals surface area contributed by atoms with E-state index in [-0.39, 0.29) is 6.10 Å². The van der Waals surface area contributed by atoms with Gasteiger partial charge in [-0.2, -0.15) is 0 Å². The van der Waals surface area contributed by atoms with Crippen molar-refractivity contribution in [1.82, 2.24) is 4.90 Å². The molecule has 1 aromatic carbocycles. The van der Waals surface area contributed by atoms with E-state index in [4.69, 9.17) is 27.4 Å². The molecule has 0 aromatic heterocycles. The van der Waals surface area contributed by atoms with Crippen molar-refractivity contribution in [2.24, 2.45) is 5.73 Å². The Morgan fingerprint density at radius 2 is 2.29 bits per heavy atom. The first-order valence-electron chi connectivity index (χ1n) is 7.37. The monoisotopic (exact) mass is 308 g/mol. The normalized spacial score (nSPS) is 23.0. The second kappa shape index (κ2) is 7.20. The SMILES string of the molecule is CCC1COC(C)CN1Cc1cc(C(N)=S)ccc1OC. The molecular weight excluding hydrogens is 284 g/mol. The Balaban J connectivity index is 2.23. The van der Waals surface area contributed by atoms with Crippen LogP contribution in [0.4, 0.5) is 0 Å². The number of rotatable bonds is 5. The quantitative estimate of drug-likeness (QED) is 0.846. The van der Waals surface area contributed by atoms with Gasteiger partial charge < -0.3 is 15.2 Å². The summed E-state index contributed by atoms with van der Waals surface area (Å²) in [4.78, 5) is 2.87. The third kappa shape index (κ3) is 3.93. The van der Waals surface area contributed by atoms with Gasteiger partial charge in [-0.1, -0.05) is 19.1 Å². The Hall–Kier alpha value is -1.17. The summed E-state index contributed by atoms with van der Waals surface area (Å²) >= 11 is 5.07. The molecule has 116 valence electrons. The van der Waals surface area contributed by atoms with Crippen molar-refractivity contribution < 1.29 is 9.47 Å². The van der Waals surface area contributed by atoms with Gasteiger partial charge in [0.15, 0.2) is 0 Å². The highest BCUT2D eigenvalue weighted by molar-refractivity contribution is 7.80. The first kappa shape index (κ1) is 16.2. The van der Waals surface area contributed by atoms with E-state index < -0.39 is 0 Å². The molecule has 21 heavy (non-hydrogen) atoms. The number of nitrogens with two attached hydrogens (primary N) is 1. The number of thiocarbonyl (C=S) groups is 1. The van der Waals surface area contributed by atoms with E-state index in [1.807, 2.05) is 18.2 Å². The molecule has 1 aromatic rings. The Morgan fingerprint density at radius 3 is 2.90 bits per heavy atom. The average molecular weight is 308 g/mol. The number of morpholine rings is 1. The van der Waals surface area contributed by atoms with Crippen LogP contribution in [0.1, 0.15) is 31.4 Å². The zero-order chi connectivity index (χ0) is 15.4. The van der Waals surface area contributed by atoms with Crippen molar-refractivity contribution in [3.8, 4) is 5.75 Å². The summed E-state index contributed by atoms with van der Waals surface area (Å²) in [6.07, 6.45) is 1.34. The first-order valence-corrected chi connectivity index (χ1v) is 7.78. The van der Waals surface area contributed by atoms with Crippen LogP contribution >= 0.6 is 12.2 Å². The zero-order valence-corrected chi connectivity index (χ0v) is 13.8. The Morgan fingerprint density at radius 1 is 1.52 bits per heavy atom. The lowest BCUT2D eigenvalue weighted by molar-refractivity contribution is -0.0593. The van der Waals surface area contributed by atoms with E-state index in [1.165, 1.54) is 0 Å². The van der Waals surface area contributed by atoms with Crippen LogP contribution in [0.2, 0.25) is 0 Å². The van der Waals surface area contributed by atoms with Crippen LogP contribution in [-0.4, -0.2) is 42.3 Å². The highest BCUT2D eigenvalue weighted by Gasteiger charge is 2.26. The molecule has 2 unspecified atom stereocenters. The van der Waals surface area contributed by atoms with Crippen LogP contribution < -0.4 is 10.5 Å². The second-order valence-electron chi connectivity index (χ2n) is 5.53. The number of hydrogen-bond donors (Lipinski definition) is 1. The molecule has 0 spiro atoms. The second-order valence-corrected chi connectivity index (χ2v) is 5.97. The summed E-state index contributed by atoms with van der Waals surface area (Å²) in [6, 6.07) is 6.33. The molecule has 2 N–H and O–H groups in total. The van der Waals surface area contributed by atoms with Crippen LogP contribution in [0.15, 0.2) is 18.2 Å². The van der Waals surface area contributed by atoms with Crippen molar-refractivity contribution in [2.75, 3.05) is 20.3 Å².